The van der Waals surface area contributed by atoms with E-state index < -0.39 is 4.92 Å². The predicted octanol–water partition coefficient (Wildman–Crippen LogP) is 4.45. The van der Waals surface area contributed by atoms with E-state index in [9.17, 15) is 14.9 Å². The van der Waals surface area contributed by atoms with Gasteiger partial charge in [-0.05, 0) is 75.8 Å². The number of carbonyl (C=O) groups excluding carboxylic acids is 1. The number of aromatic nitrogens is 2. The minimum Gasteiger partial charge on any atom is -0.496 e. The van der Waals surface area contributed by atoms with Crippen LogP contribution in [0.15, 0.2) is 56.5 Å². The van der Waals surface area contributed by atoms with Crippen molar-refractivity contribution in [3.63, 3.8) is 0 Å². The van der Waals surface area contributed by atoms with Gasteiger partial charge in [-0.3, -0.25) is 4.79 Å². The zero-order chi connectivity index (χ0) is 22.5. The Morgan fingerprint density at radius 2 is 2.00 bits per heavy atom. The highest BCUT2D eigenvalue weighted by Crippen LogP contribution is 2.29. The molecule has 1 aromatic heterocycles. The number of rotatable bonds is 7. The number of amides is 1. The lowest BCUT2D eigenvalue weighted by atomic mass is 10.1. The predicted molar refractivity (Wildman–Crippen MR) is 123 cm³/mol. The lowest BCUT2D eigenvalue weighted by molar-refractivity contribution is -0.390. The number of ether oxygens (including phenoxy) is 1. The second-order valence-electron chi connectivity index (χ2n) is 6.42. The number of nitrogens with one attached hydrogen (secondary N) is 1. The number of methoxy groups -OCH3 is 1. The molecule has 1 heterocycles. The van der Waals surface area contributed by atoms with Crippen LogP contribution in [0.4, 0.5) is 5.82 Å². The van der Waals surface area contributed by atoms with Crippen molar-refractivity contribution in [1.82, 2.24) is 15.2 Å². The Balaban J connectivity index is 1.78. The molecule has 1 amide bonds. The summed E-state index contributed by atoms with van der Waals surface area (Å²) >= 11 is 6.54. The van der Waals surface area contributed by atoms with Crippen LogP contribution in [-0.4, -0.2) is 33.9 Å². The van der Waals surface area contributed by atoms with Crippen LogP contribution in [0.5, 0.6) is 5.75 Å². The normalized spacial score (nSPS) is 11.0. The van der Waals surface area contributed by atoms with Crippen LogP contribution in [0.2, 0.25) is 0 Å². The van der Waals surface area contributed by atoms with E-state index in [1.165, 1.54) is 10.9 Å². The molecule has 0 fully saturated rings. The van der Waals surface area contributed by atoms with Gasteiger partial charge in [0, 0.05) is 15.6 Å². The van der Waals surface area contributed by atoms with Gasteiger partial charge in [0.05, 0.1) is 30.7 Å². The Morgan fingerprint density at radius 3 is 2.61 bits per heavy atom. The van der Waals surface area contributed by atoms with Gasteiger partial charge in [-0.25, -0.2) is 5.43 Å². The van der Waals surface area contributed by atoms with Gasteiger partial charge < -0.3 is 14.9 Å². The average molecular weight is 551 g/mol. The third-order valence-electron chi connectivity index (χ3n) is 4.40. The molecule has 0 radical (unpaired) electrons. The Labute approximate surface area is 194 Å². The van der Waals surface area contributed by atoms with Crippen molar-refractivity contribution in [2.75, 3.05) is 7.11 Å². The van der Waals surface area contributed by atoms with Gasteiger partial charge in [-0.15, -0.1) is 0 Å². The van der Waals surface area contributed by atoms with E-state index in [0.29, 0.717) is 27.0 Å². The van der Waals surface area contributed by atoms with Gasteiger partial charge in [-0.2, -0.15) is 9.78 Å². The molecule has 3 rings (SSSR count). The molecule has 3 aromatic rings. The fourth-order valence-electron chi connectivity index (χ4n) is 2.77. The summed E-state index contributed by atoms with van der Waals surface area (Å²) in [5.41, 5.74) is 5.05. The summed E-state index contributed by atoms with van der Waals surface area (Å²) in [5, 5.41) is 19.2. The molecule has 0 saturated heterocycles. The van der Waals surface area contributed by atoms with E-state index in [0.717, 1.165) is 10.0 Å². The van der Waals surface area contributed by atoms with E-state index in [1.54, 1.807) is 50.4 Å². The Kier molecular flexibility index (Phi) is 7.18. The third kappa shape index (κ3) is 5.36. The Hall–Kier alpha value is -3.05. The van der Waals surface area contributed by atoms with Crippen molar-refractivity contribution >= 4 is 49.8 Å². The molecule has 0 saturated carbocycles. The first-order valence-electron chi connectivity index (χ1n) is 8.93. The van der Waals surface area contributed by atoms with E-state index in [4.69, 9.17) is 4.74 Å². The maximum Gasteiger partial charge on any atom is 0.404 e. The lowest BCUT2D eigenvalue weighted by Crippen LogP contribution is -2.17. The SMILES string of the molecule is COc1ccc(C=NNC(=O)c2ccc(Br)cc2)cc1Cn1nc([N+](=O)[O-])c(Br)c1C. The summed E-state index contributed by atoms with van der Waals surface area (Å²) in [6.45, 7) is 1.99. The fraction of sp³-hybridized carbons (Fsp3) is 0.150. The maximum atomic E-state index is 12.2. The maximum absolute atomic E-state index is 12.2. The molecule has 1 N–H and O–H groups in total. The van der Waals surface area contributed by atoms with Crippen LogP contribution in [0.3, 0.4) is 0 Å². The van der Waals surface area contributed by atoms with Crippen LogP contribution in [-0.2, 0) is 6.54 Å². The van der Waals surface area contributed by atoms with Gasteiger partial charge in [0.1, 0.15) is 10.2 Å². The average Bonchev–Trinajstić information content (AvgIpc) is 3.03. The molecule has 9 nitrogen and oxygen atoms in total. The molecule has 0 aliphatic heterocycles. The van der Waals surface area contributed by atoms with E-state index >= 15 is 0 Å². The lowest BCUT2D eigenvalue weighted by Gasteiger charge is -2.09. The molecule has 0 atom stereocenters. The van der Waals surface area contributed by atoms with Crippen LogP contribution >= 0.6 is 31.9 Å². The number of hydrazone groups is 1. The highest BCUT2D eigenvalue weighted by molar-refractivity contribution is 9.10. The van der Waals surface area contributed by atoms with Crippen molar-refractivity contribution in [3.05, 3.63) is 83.9 Å². The Morgan fingerprint density at radius 1 is 1.29 bits per heavy atom. The quantitative estimate of drug-likeness (QED) is 0.265. The molecular weight excluding hydrogens is 534 g/mol. The van der Waals surface area contributed by atoms with E-state index in [2.05, 4.69) is 47.5 Å². The molecule has 2 aromatic carbocycles. The number of benzene rings is 2. The van der Waals surface area contributed by atoms with Crippen molar-refractivity contribution in [3.8, 4) is 5.75 Å². The van der Waals surface area contributed by atoms with Gasteiger partial charge in [-0.1, -0.05) is 15.9 Å². The summed E-state index contributed by atoms with van der Waals surface area (Å²) in [4.78, 5) is 22.7. The third-order valence-corrected chi connectivity index (χ3v) is 5.86. The molecule has 0 spiro atoms. The molecule has 0 aliphatic rings. The molecular formula is C20H17Br2N5O4. The zero-order valence-corrected chi connectivity index (χ0v) is 19.7. The summed E-state index contributed by atoms with van der Waals surface area (Å²) in [6.07, 6.45) is 1.51. The minimum absolute atomic E-state index is 0.246. The standard InChI is InChI=1S/C20H17Br2N5O4/c1-12-18(22)19(27(29)30)25-26(12)11-15-9-13(3-8-17(15)31-2)10-23-24-20(28)14-4-6-16(21)7-5-14/h3-10H,11H2,1-2H3,(H,24,28). The van der Waals surface area contributed by atoms with Crippen molar-refractivity contribution in [2.45, 2.75) is 13.5 Å². The first kappa shape index (κ1) is 22.6. The first-order chi connectivity index (χ1) is 14.8. The number of nitro groups is 1. The van der Waals surface area contributed by atoms with Gasteiger partial charge in [0.2, 0.25) is 0 Å². The van der Waals surface area contributed by atoms with E-state index in [1.807, 2.05) is 6.07 Å². The fourth-order valence-corrected chi connectivity index (χ4v) is 3.47. The highest BCUT2D eigenvalue weighted by atomic mass is 79.9. The molecule has 0 aliphatic carbocycles. The number of halogens is 2. The van der Waals surface area contributed by atoms with Crippen molar-refractivity contribution < 1.29 is 14.5 Å². The summed E-state index contributed by atoms with van der Waals surface area (Å²) in [5.74, 6) is 0.0244. The smallest absolute Gasteiger partial charge is 0.404 e. The van der Waals surface area contributed by atoms with Crippen LogP contribution in [0, 0.1) is 17.0 Å². The summed E-state index contributed by atoms with van der Waals surface area (Å²) in [7, 11) is 1.54. The second kappa shape index (κ2) is 9.84. The van der Waals surface area contributed by atoms with Gasteiger partial charge in [0.15, 0.2) is 0 Å². The largest absolute Gasteiger partial charge is 0.496 e. The van der Waals surface area contributed by atoms with Crippen LogP contribution in [0.1, 0.15) is 27.2 Å². The number of hydrogen-bond donors (Lipinski definition) is 1. The molecule has 0 bridgehead atoms. The Bertz CT molecular complexity index is 1160. The molecule has 31 heavy (non-hydrogen) atoms. The minimum atomic E-state index is -0.540. The number of nitrogens with zero attached hydrogens (tertiary/aromatic N) is 4. The summed E-state index contributed by atoms with van der Waals surface area (Å²) < 4.78 is 8.14. The van der Waals surface area contributed by atoms with Crippen molar-refractivity contribution in [2.24, 2.45) is 5.10 Å². The zero-order valence-electron chi connectivity index (χ0n) is 16.5. The highest BCUT2D eigenvalue weighted by Gasteiger charge is 2.24. The van der Waals surface area contributed by atoms with E-state index in [-0.39, 0.29) is 18.3 Å². The van der Waals surface area contributed by atoms with Gasteiger partial charge in [0.25, 0.3) is 5.91 Å². The molecule has 0 unspecified atom stereocenters. The second-order valence-corrected chi connectivity index (χ2v) is 8.12. The van der Waals surface area contributed by atoms with Gasteiger partial charge >= 0.3 is 5.82 Å². The first-order valence-corrected chi connectivity index (χ1v) is 10.5. The van der Waals surface area contributed by atoms with Crippen molar-refractivity contribution in [1.29, 1.82) is 0 Å². The topological polar surface area (TPSA) is 112 Å². The number of hydrogen-bond acceptors (Lipinski definition) is 6. The van der Waals surface area contributed by atoms with Crippen LogP contribution < -0.4 is 10.2 Å². The van der Waals surface area contributed by atoms with Crippen LogP contribution in [0.25, 0.3) is 0 Å². The molecule has 11 heteroatoms. The molecule has 160 valence electrons. The summed E-state index contributed by atoms with van der Waals surface area (Å²) in [6, 6.07) is 12.3. The number of carbonyl (C=O) groups is 1. The monoisotopic (exact) mass is 549 g/mol.